The van der Waals surface area contributed by atoms with Crippen LogP contribution in [0.4, 0.5) is 0 Å². The van der Waals surface area contributed by atoms with Crippen molar-refractivity contribution >= 4 is 16.3 Å². The Hall–Kier alpha value is -3.00. The molecule has 0 amide bonds. The standard InChI is InChI=1S/C15H11N5O2S/c21-11-3-5-12(6-4-11)22-9-13-19-20-14(17-18-15(20)23-13)10-2-1-7-16-8-10/h1-8,21H,9H2. The Morgan fingerprint density at radius 3 is 2.78 bits per heavy atom. The molecule has 1 aromatic carbocycles. The minimum Gasteiger partial charge on any atom is -0.508 e. The van der Waals surface area contributed by atoms with Crippen LogP contribution in [0.3, 0.4) is 0 Å². The van der Waals surface area contributed by atoms with E-state index in [4.69, 9.17) is 4.74 Å². The first kappa shape index (κ1) is 13.6. The highest BCUT2D eigenvalue weighted by Gasteiger charge is 2.13. The van der Waals surface area contributed by atoms with Gasteiger partial charge in [-0.1, -0.05) is 11.3 Å². The van der Waals surface area contributed by atoms with Gasteiger partial charge in [0.25, 0.3) is 0 Å². The number of aromatic hydroxyl groups is 1. The fourth-order valence-corrected chi connectivity index (χ4v) is 2.82. The molecule has 3 heterocycles. The Morgan fingerprint density at radius 2 is 2.00 bits per heavy atom. The monoisotopic (exact) mass is 325 g/mol. The summed E-state index contributed by atoms with van der Waals surface area (Å²) in [5.41, 5.74) is 0.858. The van der Waals surface area contributed by atoms with Gasteiger partial charge in [-0.15, -0.1) is 10.2 Å². The highest BCUT2D eigenvalue weighted by atomic mass is 32.1. The van der Waals surface area contributed by atoms with Crippen LogP contribution >= 0.6 is 11.3 Å². The molecule has 0 aliphatic carbocycles. The van der Waals surface area contributed by atoms with E-state index in [-0.39, 0.29) is 5.75 Å². The van der Waals surface area contributed by atoms with E-state index in [9.17, 15) is 5.11 Å². The number of phenols is 1. The molecule has 0 radical (unpaired) electrons. The molecule has 4 aromatic rings. The van der Waals surface area contributed by atoms with Crippen LogP contribution < -0.4 is 4.74 Å². The number of pyridine rings is 1. The van der Waals surface area contributed by atoms with Crippen molar-refractivity contribution in [1.29, 1.82) is 0 Å². The van der Waals surface area contributed by atoms with Crippen molar-refractivity contribution in [3.63, 3.8) is 0 Å². The average molecular weight is 325 g/mol. The second-order valence-electron chi connectivity index (χ2n) is 4.74. The van der Waals surface area contributed by atoms with Gasteiger partial charge in [-0.25, -0.2) is 0 Å². The van der Waals surface area contributed by atoms with Gasteiger partial charge in [0, 0.05) is 18.0 Å². The molecule has 7 nitrogen and oxygen atoms in total. The first-order valence-corrected chi connectivity index (χ1v) is 7.64. The van der Waals surface area contributed by atoms with Crippen LogP contribution in [-0.2, 0) is 6.61 Å². The summed E-state index contributed by atoms with van der Waals surface area (Å²) in [6, 6.07) is 10.3. The van der Waals surface area contributed by atoms with E-state index < -0.39 is 0 Å². The lowest BCUT2D eigenvalue weighted by Gasteiger charge is -2.03. The Bertz CT molecular complexity index is 934. The van der Waals surface area contributed by atoms with Crippen LogP contribution in [0, 0.1) is 0 Å². The molecule has 0 aliphatic rings. The summed E-state index contributed by atoms with van der Waals surface area (Å²) in [4.78, 5) is 4.79. The zero-order valence-corrected chi connectivity index (χ0v) is 12.6. The summed E-state index contributed by atoms with van der Waals surface area (Å²) in [7, 11) is 0. The zero-order valence-electron chi connectivity index (χ0n) is 11.8. The third-order valence-electron chi connectivity index (χ3n) is 3.15. The smallest absolute Gasteiger partial charge is 0.235 e. The lowest BCUT2D eigenvalue weighted by atomic mass is 10.3. The summed E-state index contributed by atoms with van der Waals surface area (Å²) in [6.07, 6.45) is 3.43. The molecule has 0 bridgehead atoms. The van der Waals surface area contributed by atoms with Crippen LogP contribution in [0.2, 0.25) is 0 Å². The van der Waals surface area contributed by atoms with Gasteiger partial charge in [0.15, 0.2) is 10.8 Å². The minimum absolute atomic E-state index is 0.206. The molecular weight excluding hydrogens is 314 g/mol. The number of ether oxygens (including phenoxy) is 1. The van der Waals surface area contributed by atoms with E-state index in [0.29, 0.717) is 23.1 Å². The van der Waals surface area contributed by atoms with Gasteiger partial charge < -0.3 is 9.84 Å². The number of fused-ring (bicyclic) bond motifs is 1. The second-order valence-corrected chi connectivity index (χ2v) is 5.78. The zero-order chi connectivity index (χ0) is 15.6. The largest absolute Gasteiger partial charge is 0.508 e. The lowest BCUT2D eigenvalue weighted by molar-refractivity contribution is 0.303. The van der Waals surface area contributed by atoms with Crippen LogP contribution in [0.25, 0.3) is 16.3 Å². The molecule has 114 valence electrons. The first-order valence-electron chi connectivity index (χ1n) is 6.83. The molecule has 0 unspecified atom stereocenters. The highest BCUT2D eigenvalue weighted by molar-refractivity contribution is 7.16. The van der Waals surface area contributed by atoms with Crippen molar-refractivity contribution in [3.05, 3.63) is 53.8 Å². The van der Waals surface area contributed by atoms with Crippen LogP contribution in [0.1, 0.15) is 5.01 Å². The van der Waals surface area contributed by atoms with Crippen molar-refractivity contribution in [3.8, 4) is 22.9 Å². The maximum absolute atomic E-state index is 9.26. The third kappa shape index (κ3) is 2.71. The predicted octanol–water partition coefficient (Wildman–Crippen LogP) is 2.53. The first-order chi connectivity index (χ1) is 11.3. The quantitative estimate of drug-likeness (QED) is 0.620. The maximum atomic E-state index is 9.26. The summed E-state index contributed by atoms with van der Waals surface area (Å²) in [6.45, 7) is 0.325. The van der Waals surface area contributed by atoms with E-state index in [1.807, 2.05) is 12.1 Å². The number of hydrogen-bond donors (Lipinski definition) is 1. The molecule has 4 rings (SSSR count). The number of phenolic OH excluding ortho intramolecular Hbond substituents is 1. The van der Waals surface area contributed by atoms with Gasteiger partial charge in [-0.3, -0.25) is 4.98 Å². The molecular formula is C15H11N5O2S. The minimum atomic E-state index is 0.206. The molecule has 0 aliphatic heterocycles. The molecule has 0 spiro atoms. The topological polar surface area (TPSA) is 85.4 Å². The summed E-state index contributed by atoms with van der Waals surface area (Å²) in [5, 5.41) is 22.8. The number of aromatic nitrogens is 5. The van der Waals surface area contributed by atoms with Crippen molar-refractivity contribution in [1.82, 2.24) is 24.8 Å². The molecule has 8 heteroatoms. The number of benzene rings is 1. The second kappa shape index (κ2) is 5.65. The van der Waals surface area contributed by atoms with Crippen LogP contribution in [0.5, 0.6) is 11.5 Å². The Morgan fingerprint density at radius 1 is 1.13 bits per heavy atom. The average Bonchev–Trinajstić information content (AvgIpc) is 3.15. The normalized spacial score (nSPS) is 11.0. The molecule has 0 saturated carbocycles. The van der Waals surface area contributed by atoms with Crippen LogP contribution in [0.15, 0.2) is 48.8 Å². The van der Waals surface area contributed by atoms with Crippen molar-refractivity contribution < 1.29 is 9.84 Å². The maximum Gasteiger partial charge on any atom is 0.235 e. The fourth-order valence-electron chi connectivity index (χ4n) is 2.08. The SMILES string of the molecule is Oc1ccc(OCc2nn3c(-c4cccnc4)nnc3s2)cc1. The number of hydrogen-bond acceptors (Lipinski definition) is 7. The molecule has 0 saturated heterocycles. The van der Waals surface area contributed by atoms with Gasteiger partial charge in [0.2, 0.25) is 4.96 Å². The van der Waals surface area contributed by atoms with E-state index in [2.05, 4.69) is 20.3 Å². The summed E-state index contributed by atoms with van der Waals surface area (Å²) >= 11 is 1.42. The molecule has 3 aromatic heterocycles. The number of nitrogens with zero attached hydrogens (tertiary/aromatic N) is 5. The predicted molar refractivity (Wildman–Crippen MR) is 84.3 cm³/mol. The van der Waals surface area contributed by atoms with Gasteiger partial charge in [0.1, 0.15) is 18.1 Å². The van der Waals surface area contributed by atoms with E-state index in [0.717, 1.165) is 10.6 Å². The molecule has 1 N–H and O–H groups in total. The fraction of sp³-hybridized carbons (Fsp3) is 0.0667. The summed E-state index contributed by atoms with van der Waals surface area (Å²) < 4.78 is 7.35. The number of rotatable bonds is 4. The van der Waals surface area contributed by atoms with Gasteiger partial charge in [0.05, 0.1) is 0 Å². The Kier molecular flexibility index (Phi) is 3.35. The summed E-state index contributed by atoms with van der Waals surface area (Å²) in [5.74, 6) is 1.53. The molecule has 0 fully saturated rings. The van der Waals surface area contributed by atoms with Gasteiger partial charge >= 0.3 is 0 Å². The highest BCUT2D eigenvalue weighted by Crippen LogP contribution is 2.22. The lowest BCUT2D eigenvalue weighted by Crippen LogP contribution is -1.97. The van der Waals surface area contributed by atoms with E-state index >= 15 is 0 Å². The van der Waals surface area contributed by atoms with Crippen molar-refractivity contribution in [2.75, 3.05) is 0 Å². The Labute approximate surface area is 134 Å². The van der Waals surface area contributed by atoms with Crippen molar-refractivity contribution in [2.24, 2.45) is 0 Å². The third-order valence-corrected chi connectivity index (χ3v) is 4.02. The van der Waals surface area contributed by atoms with Gasteiger partial charge in [-0.05, 0) is 36.4 Å². The van der Waals surface area contributed by atoms with Crippen molar-refractivity contribution in [2.45, 2.75) is 6.61 Å². The Balaban J connectivity index is 1.57. The van der Waals surface area contributed by atoms with E-state index in [1.54, 1.807) is 41.2 Å². The molecule has 23 heavy (non-hydrogen) atoms. The molecule has 0 atom stereocenters. The van der Waals surface area contributed by atoms with Crippen LogP contribution in [-0.4, -0.2) is 29.9 Å². The van der Waals surface area contributed by atoms with E-state index in [1.165, 1.54) is 11.3 Å². The van der Waals surface area contributed by atoms with Gasteiger partial charge in [-0.2, -0.15) is 9.61 Å².